The van der Waals surface area contributed by atoms with Gasteiger partial charge >= 0.3 is 6.18 Å². The first-order valence-electron chi connectivity index (χ1n) is 5.37. The highest BCUT2D eigenvalue weighted by Crippen LogP contribution is 2.36. The monoisotopic (exact) mass is 260 g/mol. The highest BCUT2D eigenvalue weighted by atomic mass is 19.4. The number of alkyl halides is 3. The van der Waals surface area contributed by atoms with Crippen molar-refractivity contribution in [1.29, 1.82) is 0 Å². The number of aromatic nitrogens is 1. The van der Waals surface area contributed by atoms with Gasteiger partial charge < -0.3 is 5.11 Å². The zero-order valence-electron chi connectivity index (χ0n) is 9.31. The maximum Gasteiger partial charge on any atom is 0.419 e. The first-order valence-corrected chi connectivity index (χ1v) is 5.37. The predicted molar refractivity (Wildman–Crippen MR) is 56.8 cm³/mol. The lowest BCUT2D eigenvalue weighted by Crippen LogP contribution is -2.28. The van der Waals surface area contributed by atoms with Crippen molar-refractivity contribution in [3.8, 4) is 0 Å². The van der Waals surface area contributed by atoms with Gasteiger partial charge in [-0.3, -0.25) is 9.69 Å². The summed E-state index contributed by atoms with van der Waals surface area (Å²) in [6.07, 6.45) is -3.30. The summed E-state index contributed by atoms with van der Waals surface area (Å²) in [6, 6.07) is 2.07. The Balaban J connectivity index is 2.37. The third-order valence-corrected chi connectivity index (χ3v) is 2.81. The topological polar surface area (TPSA) is 53.4 Å². The van der Waals surface area contributed by atoms with Crippen molar-refractivity contribution in [3.63, 3.8) is 0 Å². The first kappa shape index (κ1) is 12.8. The number of halogens is 3. The molecule has 1 unspecified atom stereocenters. The van der Waals surface area contributed by atoms with E-state index in [1.807, 2.05) is 0 Å². The van der Waals surface area contributed by atoms with Crippen LogP contribution in [0, 0.1) is 5.92 Å². The number of aliphatic hydroxyl groups excluding tert-OH is 1. The van der Waals surface area contributed by atoms with Crippen molar-refractivity contribution in [2.45, 2.75) is 12.6 Å². The summed E-state index contributed by atoms with van der Waals surface area (Å²) in [5.74, 6) is -1.16. The second-order valence-electron chi connectivity index (χ2n) is 4.13. The lowest BCUT2D eigenvalue weighted by molar-refractivity contribution is -0.137. The van der Waals surface area contributed by atoms with Gasteiger partial charge in [-0.05, 0) is 12.1 Å². The molecule has 1 aliphatic heterocycles. The number of carbonyl (C=O) groups excluding carboxylic acids is 1. The number of pyridine rings is 1. The molecule has 0 aliphatic carbocycles. The van der Waals surface area contributed by atoms with Gasteiger partial charge in [-0.2, -0.15) is 13.2 Å². The van der Waals surface area contributed by atoms with E-state index in [0.717, 1.165) is 11.0 Å². The Kier molecular flexibility index (Phi) is 3.25. The zero-order chi connectivity index (χ0) is 13.3. The minimum atomic E-state index is -4.55. The van der Waals surface area contributed by atoms with E-state index in [4.69, 9.17) is 5.11 Å². The predicted octanol–water partition coefficient (Wildman–Crippen LogP) is 1.45. The van der Waals surface area contributed by atoms with Crippen molar-refractivity contribution < 1.29 is 23.1 Å². The van der Waals surface area contributed by atoms with Crippen LogP contribution in [0.1, 0.15) is 12.0 Å². The van der Waals surface area contributed by atoms with Gasteiger partial charge in [-0.25, -0.2) is 4.98 Å². The number of hydrogen-bond donors (Lipinski definition) is 1. The first-order chi connectivity index (χ1) is 8.43. The van der Waals surface area contributed by atoms with Gasteiger partial charge in [-0.15, -0.1) is 0 Å². The van der Waals surface area contributed by atoms with E-state index in [2.05, 4.69) is 4.98 Å². The maximum absolute atomic E-state index is 12.8. The third-order valence-electron chi connectivity index (χ3n) is 2.81. The van der Waals surface area contributed by atoms with Crippen LogP contribution >= 0.6 is 0 Å². The van der Waals surface area contributed by atoms with Gasteiger partial charge in [0.15, 0.2) is 0 Å². The van der Waals surface area contributed by atoms with Crippen LogP contribution in [0.25, 0.3) is 0 Å². The number of carbonyl (C=O) groups is 1. The molecule has 4 nitrogen and oxygen atoms in total. The molecule has 1 aliphatic rings. The van der Waals surface area contributed by atoms with E-state index in [0.29, 0.717) is 0 Å². The summed E-state index contributed by atoms with van der Waals surface area (Å²) in [6.45, 7) is -0.161. The number of amides is 1. The number of rotatable bonds is 2. The molecule has 1 atom stereocenters. The average molecular weight is 260 g/mol. The summed E-state index contributed by atoms with van der Waals surface area (Å²) in [4.78, 5) is 16.3. The molecule has 0 radical (unpaired) electrons. The van der Waals surface area contributed by atoms with Crippen LogP contribution in [0.3, 0.4) is 0 Å². The molecular weight excluding hydrogens is 249 g/mol. The molecule has 7 heteroatoms. The minimum absolute atomic E-state index is 0.0460. The Bertz CT molecular complexity index is 462. The van der Waals surface area contributed by atoms with E-state index < -0.39 is 17.6 Å². The van der Waals surface area contributed by atoms with Gasteiger partial charge in [0.1, 0.15) is 5.82 Å². The number of aliphatic hydroxyl groups is 1. The van der Waals surface area contributed by atoms with Gasteiger partial charge in [0.25, 0.3) is 0 Å². The number of anilines is 1. The summed E-state index contributed by atoms with van der Waals surface area (Å²) >= 11 is 0. The van der Waals surface area contributed by atoms with Crippen LogP contribution < -0.4 is 4.90 Å². The third kappa shape index (κ3) is 2.31. The van der Waals surface area contributed by atoms with Crippen molar-refractivity contribution in [3.05, 3.63) is 23.9 Å². The van der Waals surface area contributed by atoms with Crippen LogP contribution in [0.15, 0.2) is 18.3 Å². The van der Waals surface area contributed by atoms with E-state index in [-0.39, 0.29) is 31.3 Å². The Morgan fingerprint density at radius 1 is 1.50 bits per heavy atom. The molecule has 1 amide bonds. The van der Waals surface area contributed by atoms with Crippen molar-refractivity contribution >= 4 is 11.7 Å². The summed E-state index contributed by atoms with van der Waals surface area (Å²) in [5.41, 5.74) is -0.933. The smallest absolute Gasteiger partial charge is 0.396 e. The van der Waals surface area contributed by atoms with E-state index in [9.17, 15) is 18.0 Å². The van der Waals surface area contributed by atoms with Crippen molar-refractivity contribution in [2.24, 2.45) is 5.92 Å². The van der Waals surface area contributed by atoms with Gasteiger partial charge in [0.05, 0.1) is 5.56 Å². The Hall–Kier alpha value is -1.63. The van der Waals surface area contributed by atoms with Crippen LogP contribution in [0.2, 0.25) is 0 Å². The standard InChI is InChI=1S/C11H11F3N2O2/c12-11(13,14)8-2-1-3-15-10(8)16-5-7(6-17)4-9(16)18/h1-3,7,17H,4-6H2. The Labute approximate surface area is 101 Å². The molecule has 0 saturated carbocycles. The molecule has 2 rings (SSSR count). The Morgan fingerprint density at radius 3 is 2.78 bits per heavy atom. The molecule has 1 saturated heterocycles. The summed E-state index contributed by atoms with van der Waals surface area (Å²) < 4.78 is 38.3. The second-order valence-corrected chi connectivity index (χ2v) is 4.13. The largest absolute Gasteiger partial charge is 0.419 e. The molecular formula is C11H11F3N2O2. The van der Waals surface area contributed by atoms with Crippen molar-refractivity contribution in [2.75, 3.05) is 18.1 Å². The molecule has 2 heterocycles. The summed E-state index contributed by atoms with van der Waals surface area (Å²) in [7, 11) is 0. The maximum atomic E-state index is 12.8. The quantitative estimate of drug-likeness (QED) is 0.875. The highest BCUT2D eigenvalue weighted by Gasteiger charge is 2.39. The second kappa shape index (κ2) is 4.56. The van der Waals surface area contributed by atoms with E-state index in [1.165, 1.54) is 12.3 Å². The van der Waals surface area contributed by atoms with E-state index >= 15 is 0 Å². The molecule has 1 fully saturated rings. The van der Waals surface area contributed by atoms with Gasteiger partial charge in [0, 0.05) is 31.7 Å². The number of nitrogens with zero attached hydrogens (tertiary/aromatic N) is 2. The fourth-order valence-corrected chi connectivity index (χ4v) is 1.94. The fourth-order valence-electron chi connectivity index (χ4n) is 1.94. The van der Waals surface area contributed by atoms with E-state index in [1.54, 1.807) is 0 Å². The van der Waals surface area contributed by atoms with Crippen LogP contribution in [0.5, 0.6) is 0 Å². The summed E-state index contributed by atoms with van der Waals surface area (Å²) in [5, 5.41) is 8.96. The molecule has 0 bridgehead atoms. The highest BCUT2D eigenvalue weighted by molar-refractivity contribution is 5.95. The lowest BCUT2D eigenvalue weighted by atomic mass is 10.1. The van der Waals surface area contributed by atoms with Crippen LogP contribution in [-0.4, -0.2) is 29.1 Å². The fraction of sp³-hybridized carbons (Fsp3) is 0.455. The van der Waals surface area contributed by atoms with Crippen molar-refractivity contribution in [1.82, 2.24) is 4.98 Å². The number of hydrogen-bond acceptors (Lipinski definition) is 3. The Morgan fingerprint density at radius 2 is 2.22 bits per heavy atom. The normalized spacial score (nSPS) is 20.6. The molecule has 1 aromatic heterocycles. The minimum Gasteiger partial charge on any atom is -0.396 e. The molecule has 1 N–H and O–H groups in total. The molecule has 18 heavy (non-hydrogen) atoms. The zero-order valence-corrected chi connectivity index (χ0v) is 9.31. The average Bonchev–Trinajstić information content (AvgIpc) is 2.69. The van der Waals surface area contributed by atoms with Gasteiger partial charge in [-0.1, -0.05) is 0 Å². The molecule has 0 aromatic carbocycles. The molecule has 0 spiro atoms. The SMILES string of the molecule is O=C1CC(CO)CN1c1ncccc1C(F)(F)F. The molecule has 1 aromatic rings. The van der Waals surface area contributed by atoms with Crippen LogP contribution in [0.4, 0.5) is 19.0 Å². The van der Waals surface area contributed by atoms with Crippen LogP contribution in [-0.2, 0) is 11.0 Å². The molecule has 98 valence electrons. The van der Waals surface area contributed by atoms with Gasteiger partial charge in [0.2, 0.25) is 5.91 Å². The lowest BCUT2D eigenvalue weighted by Gasteiger charge is -2.19.